The van der Waals surface area contributed by atoms with Gasteiger partial charge in [-0.2, -0.15) is 8.78 Å². The molecule has 1 aromatic carbocycles. The van der Waals surface area contributed by atoms with Crippen LogP contribution in [-0.2, 0) is 0 Å². The fourth-order valence-corrected chi connectivity index (χ4v) is 1.15. The van der Waals surface area contributed by atoms with Gasteiger partial charge in [-0.3, -0.25) is 0 Å². The predicted octanol–water partition coefficient (Wildman–Crippen LogP) is 3.38. The van der Waals surface area contributed by atoms with Gasteiger partial charge in [0.25, 0.3) is 0 Å². The fourth-order valence-electron chi connectivity index (χ4n) is 1.15. The Kier molecular flexibility index (Phi) is 3.88. The number of rotatable bonds is 4. The molecule has 0 aliphatic carbocycles. The summed E-state index contributed by atoms with van der Waals surface area (Å²) in [5, 5.41) is 0. The number of aryl methyl sites for hydroxylation is 1. The van der Waals surface area contributed by atoms with E-state index in [2.05, 4.69) is 4.74 Å². The third kappa shape index (κ3) is 3.73. The van der Waals surface area contributed by atoms with E-state index < -0.39 is 6.61 Å². The summed E-state index contributed by atoms with van der Waals surface area (Å²) in [5.74, 6) is 0.689. The van der Waals surface area contributed by atoms with Crippen LogP contribution in [0.4, 0.5) is 8.78 Å². The lowest BCUT2D eigenvalue weighted by atomic mass is 10.2. The second-order valence-electron chi connectivity index (χ2n) is 3.47. The van der Waals surface area contributed by atoms with Gasteiger partial charge in [0.1, 0.15) is 11.5 Å². The van der Waals surface area contributed by atoms with Gasteiger partial charge in [-0.05, 0) is 32.4 Å². The Hall–Kier alpha value is -1.32. The van der Waals surface area contributed by atoms with Crippen LogP contribution in [0.2, 0.25) is 0 Å². The van der Waals surface area contributed by atoms with Crippen LogP contribution in [0.25, 0.3) is 0 Å². The van der Waals surface area contributed by atoms with Crippen molar-refractivity contribution in [2.24, 2.45) is 0 Å². The number of alkyl halides is 2. The van der Waals surface area contributed by atoms with Gasteiger partial charge in [0.15, 0.2) is 0 Å². The summed E-state index contributed by atoms with van der Waals surface area (Å²) in [7, 11) is 0. The molecule has 0 saturated carbocycles. The predicted molar refractivity (Wildman–Crippen MR) is 53.6 cm³/mol. The van der Waals surface area contributed by atoms with Crippen molar-refractivity contribution in [3.05, 3.63) is 23.8 Å². The molecule has 0 amide bonds. The molecule has 0 fully saturated rings. The van der Waals surface area contributed by atoms with E-state index in [0.717, 1.165) is 0 Å². The zero-order valence-corrected chi connectivity index (χ0v) is 8.96. The molecule has 1 aromatic rings. The summed E-state index contributed by atoms with van der Waals surface area (Å²) >= 11 is 0. The number of ether oxygens (including phenoxy) is 2. The Balaban J connectivity index is 2.85. The van der Waals surface area contributed by atoms with Crippen molar-refractivity contribution in [3.8, 4) is 11.5 Å². The van der Waals surface area contributed by atoms with Crippen molar-refractivity contribution in [1.82, 2.24) is 0 Å². The Morgan fingerprint density at radius 3 is 2.33 bits per heavy atom. The molecular weight excluding hydrogens is 202 g/mol. The Bertz CT molecular complexity index is 324. The molecule has 1 rings (SSSR count). The van der Waals surface area contributed by atoms with Crippen molar-refractivity contribution >= 4 is 0 Å². The monoisotopic (exact) mass is 216 g/mol. The molecule has 0 atom stereocenters. The highest BCUT2D eigenvalue weighted by molar-refractivity contribution is 5.39. The molecule has 15 heavy (non-hydrogen) atoms. The normalized spacial score (nSPS) is 10.9. The molecule has 0 aliphatic rings. The van der Waals surface area contributed by atoms with Crippen LogP contribution in [0.1, 0.15) is 19.4 Å². The first kappa shape index (κ1) is 11.8. The van der Waals surface area contributed by atoms with Gasteiger partial charge in [-0.1, -0.05) is 6.07 Å². The molecule has 0 saturated heterocycles. The molecule has 0 bridgehead atoms. The lowest BCUT2D eigenvalue weighted by Gasteiger charge is -2.13. The van der Waals surface area contributed by atoms with Gasteiger partial charge in [0, 0.05) is 6.07 Å². The van der Waals surface area contributed by atoms with Crippen molar-refractivity contribution in [3.63, 3.8) is 0 Å². The molecule has 0 N–H and O–H groups in total. The van der Waals surface area contributed by atoms with Gasteiger partial charge in [-0.25, -0.2) is 0 Å². The van der Waals surface area contributed by atoms with E-state index in [1.165, 1.54) is 6.07 Å². The van der Waals surface area contributed by atoms with Crippen molar-refractivity contribution in [1.29, 1.82) is 0 Å². The summed E-state index contributed by atoms with van der Waals surface area (Å²) < 4.78 is 33.8. The van der Waals surface area contributed by atoms with E-state index >= 15 is 0 Å². The number of hydrogen-bond acceptors (Lipinski definition) is 2. The zero-order chi connectivity index (χ0) is 11.4. The van der Waals surface area contributed by atoms with Crippen LogP contribution >= 0.6 is 0 Å². The third-order valence-electron chi connectivity index (χ3n) is 1.75. The largest absolute Gasteiger partial charge is 0.491 e. The van der Waals surface area contributed by atoms with Crippen LogP contribution in [0.15, 0.2) is 18.2 Å². The van der Waals surface area contributed by atoms with Gasteiger partial charge in [-0.15, -0.1) is 0 Å². The molecule has 0 heterocycles. The number of halogens is 2. The minimum atomic E-state index is -2.81. The van der Waals surface area contributed by atoms with E-state index in [1.807, 2.05) is 13.8 Å². The Morgan fingerprint density at radius 1 is 1.13 bits per heavy atom. The van der Waals surface area contributed by atoms with E-state index in [-0.39, 0.29) is 11.9 Å². The number of hydrogen-bond donors (Lipinski definition) is 0. The SMILES string of the molecule is Cc1ccc(OC(C)C)cc1OC(F)F. The smallest absolute Gasteiger partial charge is 0.387 e. The molecule has 0 aliphatic heterocycles. The van der Waals surface area contributed by atoms with Gasteiger partial charge >= 0.3 is 6.61 Å². The quantitative estimate of drug-likeness (QED) is 0.768. The van der Waals surface area contributed by atoms with Crippen LogP contribution in [-0.4, -0.2) is 12.7 Å². The van der Waals surface area contributed by atoms with Crippen LogP contribution < -0.4 is 9.47 Å². The first-order chi connectivity index (χ1) is 6.99. The topological polar surface area (TPSA) is 18.5 Å². The molecular formula is C11H14F2O2. The van der Waals surface area contributed by atoms with E-state index in [1.54, 1.807) is 19.1 Å². The minimum Gasteiger partial charge on any atom is -0.491 e. The minimum absolute atomic E-state index is 0.00658. The molecule has 84 valence electrons. The maximum absolute atomic E-state index is 12.0. The van der Waals surface area contributed by atoms with Crippen molar-refractivity contribution in [2.45, 2.75) is 33.5 Å². The average molecular weight is 216 g/mol. The molecule has 0 unspecified atom stereocenters. The van der Waals surface area contributed by atoms with Crippen molar-refractivity contribution < 1.29 is 18.3 Å². The van der Waals surface area contributed by atoms with Gasteiger partial charge in [0.2, 0.25) is 0 Å². The molecule has 4 heteroatoms. The summed E-state index contributed by atoms with van der Waals surface area (Å²) in [6.07, 6.45) is 0.00658. The van der Waals surface area contributed by atoms with Crippen LogP contribution in [0, 0.1) is 6.92 Å². The van der Waals surface area contributed by atoms with E-state index in [0.29, 0.717) is 11.3 Å². The highest BCUT2D eigenvalue weighted by Crippen LogP contribution is 2.26. The second-order valence-corrected chi connectivity index (χ2v) is 3.47. The summed E-state index contributed by atoms with van der Waals surface area (Å²) in [5.41, 5.74) is 0.659. The van der Waals surface area contributed by atoms with Crippen LogP contribution in [0.5, 0.6) is 11.5 Å². The first-order valence-corrected chi connectivity index (χ1v) is 4.71. The maximum atomic E-state index is 12.0. The molecule has 0 aromatic heterocycles. The third-order valence-corrected chi connectivity index (χ3v) is 1.75. The lowest BCUT2D eigenvalue weighted by Crippen LogP contribution is -2.07. The van der Waals surface area contributed by atoms with Gasteiger partial charge < -0.3 is 9.47 Å². The van der Waals surface area contributed by atoms with Crippen LogP contribution in [0.3, 0.4) is 0 Å². The highest BCUT2D eigenvalue weighted by Gasteiger charge is 2.09. The van der Waals surface area contributed by atoms with Gasteiger partial charge in [0.05, 0.1) is 6.10 Å². The Labute approximate surface area is 87.8 Å². The molecule has 0 spiro atoms. The average Bonchev–Trinajstić information content (AvgIpc) is 2.09. The number of benzene rings is 1. The Morgan fingerprint density at radius 2 is 1.80 bits per heavy atom. The van der Waals surface area contributed by atoms with E-state index in [4.69, 9.17) is 4.74 Å². The van der Waals surface area contributed by atoms with E-state index in [9.17, 15) is 8.78 Å². The molecule has 2 nitrogen and oxygen atoms in total. The fraction of sp³-hybridized carbons (Fsp3) is 0.455. The standard InChI is InChI=1S/C11H14F2O2/c1-7(2)14-9-5-4-8(3)10(6-9)15-11(12)13/h4-7,11H,1-3H3. The summed E-state index contributed by atoms with van der Waals surface area (Å²) in [6.45, 7) is 2.63. The summed E-state index contributed by atoms with van der Waals surface area (Å²) in [6, 6.07) is 4.89. The summed E-state index contributed by atoms with van der Waals surface area (Å²) in [4.78, 5) is 0. The van der Waals surface area contributed by atoms with Crippen molar-refractivity contribution in [2.75, 3.05) is 0 Å². The first-order valence-electron chi connectivity index (χ1n) is 4.71. The molecule has 0 radical (unpaired) electrons. The second kappa shape index (κ2) is 4.96. The maximum Gasteiger partial charge on any atom is 0.387 e. The highest BCUT2D eigenvalue weighted by atomic mass is 19.3. The lowest BCUT2D eigenvalue weighted by molar-refractivity contribution is -0.0504. The zero-order valence-electron chi connectivity index (χ0n) is 8.96.